The van der Waals surface area contributed by atoms with Crippen molar-refractivity contribution in [3.63, 3.8) is 0 Å². The number of carbonyl (C=O) groups is 1. The van der Waals surface area contributed by atoms with Crippen LogP contribution in [0.5, 0.6) is 0 Å². The number of amidine groups is 1. The van der Waals surface area contributed by atoms with Crippen LogP contribution in [0.15, 0.2) is 82.8 Å². The Kier molecular flexibility index (Phi) is 4.10. The molecule has 2 aliphatic rings. The maximum Gasteiger partial charge on any atom is 0.237 e. The van der Waals surface area contributed by atoms with E-state index >= 15 is 0 Å². The van der Waals surface area contributed by atoms with Crippen LogP contribution in [0.25, 0.3) is 10.8 Å². The van der Waals surface area contributed by atoms with E-state index < -0.39 is 5.92 Å². The van der Waals surface area contributed by atoms with E-state index in [-0.39, 0.29) is 16.9 Å². The first-order valence-corrected chi connectivity index (χ1v) is 9.65. The topological polar surface area (TPSA) is 53.8 Å². The molecule has 0 radical (unpaired) electrons. The van der Waals surface area contributed by atoms with Gasteiger partial charge in [-0.25, -0.2) is 9.98 Å². The lowest BCUT2D eigenvalue weighted by Gasteiger charge is -2.33. The van der Waals surface area contributed by atoms with Gasteiger partial charge in [-0.3, -0.25) is 4.79 Å². The molecule has 1 N–H and O–H groups in total. The zero-order valence-electron chi connectivity index (χ0n) is 15.0. The number of aliphatic imine (C=N–C) groups is 2. The molecule has 2 aliphatic heterocycles. The van der Waals surface area contributed by atoms with Crippen molar-refractivity contribution in [2.24, 2.45) is 15.9 Å². The summed E-state index contributed by atoms with van der Waals surface area (Å²) in [6.45, 7) is 0. The highest BCUT2D eigenvalue weighted by molar-refractivity contribution is 7.80. The fourth-order valence-corrected chi connectivity index (χ4v) is 4.34. The van der Waals surface area contributed by atoms with E-state index in [4.69, 9.17) is 17.2 Å². The molecule has 28 heavy (non-hydrogen) atoms. The number of benzene rings is 3. The van der Waals surface area contributed by atoms with Crippen LogP contribution in [0.3, 0.4) is 0 Å². The van der Waals surface area contributed by atoms with Gasteiger partial charge in [0.05, 0.1) is 5.71 Å². The third kappa shape index (κ3) is 2.84. The van der Waals surface area contributed by atoms with E-state index in [9.17, 15) is 4.79 Å². The first kappa shape index (κ1) is 17.0. The van der Waals surface area contributed by atoms with Crippen molar-refractivity contribution in [1.82, 2.24) is 5.32 Å². The van der Waals surface area contributed by atoms with Crippen molar-refractivity contribution < 1.29 is 4.79 Å². The molecule has 2 heterocycles. The quantitative estimate of drug-likeness (QED) is 0.673. The van der Waals surface area contributed by atoms with Crippen molar-refractivity contribution in [1.29, 1.82) is 0 Å². The maximum atomic E-state index is 12.9. The van der Waals surface area contributed by atoms with Crippen LogP contribution in [0.1, 0.15) is 23.5 Å². The molecule has 0 fully saturated rings. The van der Waals surface area contributed by atoms with E-state index in [1.807, 2.05) is 48.5 Å². The number of thiocarbonyl (C=S) groups is 1. The van der Waals surface area contributed by atoms with Crippen molar-refractivity contribution >= 4 is 45.6 Å². The lowest BCUT2D eigenvalue weighted by molar-refractivity contribution is -0.122. The second kappa shape index (κ2) is 6.77. The summed E-state index contributed by atoms with van der Waals surface area (Å²) in [4.78, 5) is 22.0. The summed E-state index contributed by atoms with van der Waals surface area (Å²) in [5, 5.41) is 5.22. The molecule has 2 unspecified atom stereocenters. The second-order valence-corrected chi connectivity index (χ2v) is 7.43. The van der Waals surface area contributed by atoms with Gasteiger partial charge in [-0.2, -0.15) is 0 Å². The first-order valence-electron chi connectivity index (χ1n) is 9.25. The Bertz CT molecular complexity index is 1160. The summed E-state index contributed by atoms with van der Waals surface area (Å²) in [6, 6.07) is 24.6. The number of nitrogens with zero attached hydrogens (tertiary/aromatic N) is 2. The number of nitrogens with one attached hydrogen (secondary N) is 1. The fraction of sp³-hybridized carbons (Fsp3) is 0.130. The van der Waals surface area contributed by atoms with Gasteiger partial charge in [0.1, 0.15) is 11.8 Å². The minimum Gasteiger partial charge on any atom is -0.301 e. The van der Waals surface area contributed by atoms with Gasteiger partial charge >= 0.3 is 0 Å². The van der Waals surface area contributed by atoms with Crippen LogP contribution in [0.4, 0.5) is 0 Å². The molecule has 0 saturated carbocycles. The molecular weight excluding hydrogens is 366 g/mol. The van der Waals surface area contributed by atoms with Gasteiger partial charge in [-0.15, -0.1) is 0 Å². The average molecular weight is 383 g/mol. The average Bonchev–Trinajstić information content (AvgIpc) is 2.73. The Labute approximate surface area is 168 Å². The van der Waals surface area contributed by atoms with Crippen molar-refractivity contribution in [2.75, 3.05) is 0 Å². The molecule has 0 aliphatic carbocycles. The highest BCUT2D eigenvalue weighted by Gasteiger charge is 2.41. The fourth-order valence-electron chi connectivity index (χ4n) is 4.15. The Morgan fingerprint density at radius 1 is 0.893 bits per heavy atom. The predicted molar refractivity (Wildman–Crippen MR) is 116 cm³/mol. The summed E-state index contributed by atoms with van der Waals surface area (Å²) in [7, 11) is 0. The first-order chi connectivity index (χ1) is 13.7. The lowest BCUT2D eigenvalue weighted by Crippen LogP contribution is -2.47. The SMILES string of the molecule is O=C1NC(=S)N=C2N=C(c3ccccc3)CC(c3cccc4ccccc34)C12. The number of rotatable bonds is 2. The van der Waals surface area contributed by atoms with Gasteiger partial charge < -0.3 is 5.32 Å². The molecule has 0 bridgehead atoms. The third-order valence-electron chi connectivity index (χ3n) is 5.40. The van der Waals surface area contributed by atoms with Crippen molar-refractivity contribution in [3.8, 4) is 0 Å². The normalized spacial score (nSPS) is 21.6. The van der Waals surface area contributed by atoms with E-state index in [1.165, 1.54) is 0 Å². The molecule has 2 atom stereocenters. The van der Waals surface area contributed by atoms with E-state index in [0.717, 1.165) is 27.6 Å². The number of hydrogen-bond donors (Lipinski definition) is 1. The minimum absolute atomic E-state index is 0.0549. The summed E-state index contributed by atoms with van der Waals surface area (Å²) in [5.74, 6) is -0.105. The molecule has 3 aromatic rings. The molecule has 3 aromatic carbocycles. The minimum atomic E-state index is -0.440. The highest BCUT2D eigenvalue weighted by Crippen LogP contribution is 2.39. The molecule has 1 amide bonds. The number of carbonyl (C=O) groups excluding carboxylic acids is 1. The van der Waals surface area contributed by atoms with Gasteiger partial charge in [-0.1, -0.05) is 72.8 Å². The number of amides is 1. The van der Waals surface area contributed by atoms with Gasteiger partial charge in [0.25, 0.3) is 0 Å². The summed E-state index contributed by atoms with van der Waals surface area (Å²) < 4.78 is 0. The molecule has 0 saturated heterocycles. The van der Waals surface area contributed by atoms with E-state index in [1.54, 1.807) is 0 Å². The lowest BCUT2D eigenvalue weighted by atomic mass is 9.76. The Morgan fingerprint density at radius 3 is 2.50 bits per heavy atom. The monoisotopic (exact) mass is 383 g/mol. The molecule has 0 spiro atoms. The van der Waals surface area contributed by atoms with Crippen LogP contribution in [-0.4, -0.2) is 22.6 Å². The predicted octanol–water partition coefficient (Wildman–Crippen LogP) is 4.25. The Morgan fingerprint density at radius 2 is 1.64 bits per heavy atom. The summed E-state index contributed by atoms with van der Waals surface area (Å²) >= 11 is 5.15. The molecule has 4 nitrogen and oxygen atoms in total. The highest BCUT2D eigenvalue weighted by atomic mass is 32.1. The van der Waals surface area contributed by atoms with Gasteiger partial charge in [-0.05, 0) is 40.5 Å². The molecule has 5 heteroatoms. The van der Waals surface area contributed by atoms with Gasteiger partial charge in [0, 0.05) is 5.92 Å². The Hall–Kier alpha value is -3.18. The van der Waals surface area contributed by atoms with Crippen LogP contribution in [0.2, 0.25) is 0 Å². The third-order valence-corrected chi connectivity index (χ3v) is 5.60. The zero-order valence-corrected chi connectivity index (χ0v) is 15.8. The van der Waals surface area contributed by atoms with Crippen LogP contribution in [-0.2, 0) is 4.79 Å². The molecule has 136 valence electrons. The van der Waals surface area contributed by atoms with Gasteiger partial charge in [0.2, 0.25) is 11.0 Å². The second-order valence-electron chi connectivity index (χ2n) is 7.05. The molecule has 0 aromatic heterocycles. The standard InChI is InChI=1S/C23H17N3OS/c27-22-20-18(17-12-6-10-14-7-4-5-11-16(14)17)13-19(15-8-2-1-3-9-15)24-21(20)25-23(28)26-22/h1-12,18,20H,13H2,(H,26,27,28). The van der Waals surface area contributed by atoms with E-state index in [2.05, 4.69) is 34.6 Å². The van der Waals surface area contributed by atoms with Crippen molar-refractivity contribution in [2.45, 2.75) is 12.3 Å². The largest absolute Gasteiger partial charge is 0.301 e. The van der Waals surface area contributed by atoms with Gasteiger partial charge in [0.15, 0.2) is 0 Å². The van der Waals surface area contributed by atoms with Crippen LogP contribution in [0, 0.1) is 5.92 Å². The summed E-state index contributed by atoms with van der Waals surface area (Å²) in [6.07, 6.45) is 0.669. The maximum absolute atomic E-state index is 12.9. The smallest absolute Gasteiger partial charge is 0.237 e. The van der Waals surface area contributed by atoms with Crippen molar-refractivity contribution in [3.05, 3.63) is 83.9 Å². The molecular formula is C23H17N3OS. The van der Waals surface area contributed by atoms with E-state index in [0.29, 0.717) is 12.3 Å². The number of fused-ring (bicyclic) bond motifs is 2. The number of hydrogen-bond acceptors (Lipinski definition) is 3. The summed E-state index contributed by atoms with van der Waals surface area (Å²) in [5.41, 5.74) is 3.12. The molecule has 5 rings (SSSR count). The Balaban J connectivity index is 1.70. The zero-order chi connectivity index (χ0) is 19.1. The van der Waals surface area contributed by atoms with Crippen LogP contribution >= 0.6 is 12.2 Å². The van der Waals surface area contributed by atoms with Crippen LogP contribution < -0.4 is 5.32 Å².